The average Bonchev–Trinajstić information content (AvgIpc) is 1.54. The lowest BCUT2D eigenvalue weighted by molar-refractivity contribution is -0.157. The van der Waals surface area contributed by atoms with Crippen molar-refractivity contribution in [3.05, 3.63) is 241 Å². The van der Waals surface area contributed by atoms with Gasteiger partial charge in [-0.2, -0.15) is 0 Å². The van der Waals surface area contributed by atoms with Crippen molar-refractivity contribution >= 4 is 71.6 Å². The number of rotatable bonds is 68. The van der Waals surface area contributed by atoms with Gasteiger partial charge in [0.15, 0.2) is 59.6 Å². The number of ether oxygens (including phenoxy) is 24. The van der Waals surface area contributed by atoms with Crippen LogP contribution in [0.1, 0.15) is 105 Å². The van der Waals surface area contributed by atoms with E-state index in [-0.39, 0.29) is 220 Å². The molecular formula is C103H126O36. The molecule has 754 valence electrons. The first-order valence-corrected chi connectivity index (χ1v) is 43.8. The highest BCUT2D eigenvalue weighted by molar-refractivity contribution is 5.93. The SMILES string of the molecule is C=C(C)C(=O)OCC(COCCOc1cc(C2(c3cc(OCCOCC(COC(=O)C(=C)C)OC(=O)C(=C)C)c(OCCOCC(COC(=O)C(=C)C)OC(=O)C(=C)C)c(OCCOCC(COC(=O)C(=C)C)OC(=O)C(=C)C)c3)c3ccccc3-c3ccccc32)cc(OCCOCC(COC(=O)C(=C)C)OC(=O)C(=C)C)c1OCCOCC(COC(=O)C(=C)C)OC(=O)C(=C)C)OC(=O)C(=C)C. The van der Waals surface area contributed by atoms with Gasteiger partial charge < -0.3 is 114 Å². The monoisotopic (exact) mass is 1940 g/mol. The van der Waals surface area contributed by atoms with Crippen LogP contribution in [0.25, 0.3) is 11.1 Å². The second-order valence-electron chi connectivity index (χ2n) is 32.1. The molecule has 0 N–H and O–H groups in total. The van der Waals surface area contributed by atoms with Crippen LogP contribution in [-0.2, 0) is 148 Å². The number of hydrogen-bond donors (Lipinski definition) is 0. The second kappa shape index (κ2) is 59.2. The summed E-state index contributed by atoms with van der Waals surface area (Å²) >= 11 is 0. The average molecular weight is 1940 g/mol. The molecule has 0 bridgehead atoms. The Morgan fingerprint density at radius 2 is 0.388 bits per heavy atom. The third-order valence-electron chi connectivity index (χ3n) is 18.8. The van der Waals surface area contributed by atoms with Crippen molar-refractivity contribution in [1.29, 1.82) is 0 Å². The van der Waals surface area contributed by atoms with Crippen molar-refractivity contribution in [1.82, 2.24) is 0 Å². The molecular weight excluding hydrogens is 1810 g/mol. The predicted octanol–water partition coefficient (Wildman–Crippen LogP) is 12.1. The predicted molar refractivity (Wildman–Crippen MR) is 504 cm³/mol. The second-order valence-corrected chi connectivity index (χ2v) is 32.1. The summed E-state index contributed by atoms with van der Waals surface area (Å²) in [6.45, 7) is 52.3. The van der Waals surface area contributed by atoms with Crippen molar-refractivity contribution in [2.24, 2.45) is 0 Å². The Bertz CT molecular complexity index is 4670. The molecule has 1 aliphatic carbocycles. The van der Waals surface area contributed by atoms with E-state index in [1.807, 2.05) is 48.5 Å². The molecule has 139 heavy (non-hydrogen) atoms. The standard InChI is InChI=1S/C103H126O36/c1-61(2)91(104)128-55-75(134-97(110)67(13)14)49-116-33-39-122-85-45-73(46-86(123-40-34-117-50-76(135-98(111)68(15)16)56-129-92(105)62(3)4)89(85)126-43-37-120-53-79(138-101(114)71(21)22)59-132-95(108)65(9)10)103(83-31-27-25-29-81(83)82-30-26-28-32-84(82)103)74-47-87(124-41-35-118-51-77(136-99(112)69(17)18)57-130-93(106)63(5)6)90(127-44-38-121-54-80(139-102(115)72(23)24)60-133-96(109)66(11)12)88(48-74)125-42-36-119-52-78(137-100(113)70(19)20)58-131-94(107)64(7)8/h25-32,45-48,75-80H,1,3,5,7,9,11,13,15,17,19,21,23,33-44,49-60H2,2,4,6,8,10,12,14,16,18,20,22,24H3. The molecule has 0 saturated heterocycles. The lowest BCUT2D eigenvalue weighted by atomic mass is 9.67. The lowest BCUT2D eigenvalue weighted by Crippen LogP contribution is -2.31. The van der Waals surface area contributed by atoms with Gasteiger partial charge in [-0.05, 0) is 141 Å². The first-order valence-electron chi connectivity index (χ1n) is 43.8. The molecule has 0 fully saturated rings. The molecule has 6 atom stereocenters. The summed E-state index contributed by atoms with van der Waals surface area (Å²) in [6, 6.07) is 21.6. The van der Waals surface area contributed by atoms with Gasteiger partial charge >= 0.3 is 71.6 Å². The molecule has 36 nitrogen and oxygen atoms in total. The summed E-state index contributed by atoms with van der Waals surface area (Å²) in [6.07, 6.45) is -7.12. The zero-order chi connectivity index (χ0) is 103. The Morgan fingerprint density at radius 1 is 0.223 bits per heavy atom. The number of benzene rings is 4. The third-order valence-corrected chi connectivity index (χ3v) is 18.8. The maximum absolute atomic E-state index is 13.1. The number of carbonyl (C=O) groups is 12. The van der Waals surface area contributed by atoms with E-state index >= 15 is 0 Å². The summed E-state index contributed by atoms with van der Waals surface area (Å²) < 4.78 is 144. The highest BCUT2D eigenvalue weighted by Crippen LogP contribution is 2.60. The molecule has 4 aromatic carbocycles. The van der Waals surface area contributed by atoms with Crippen LogP contribution < -0.4 is 28.4 Å². The van der Waals surface area contributed by atoms with E-state index in [4.69, 9.17) is 114 Å². The molecule has 0 spiro atoms. The number of carbonyl (C=O) groups excluding carboxylic acids is 12. The Hall–Kier alpha value is -14.0. The van der Waals surface area contributed by atoms with E-state index in [0.29, 0.717) is 33.4 Å². The summed E-state index contributed by atoms with van der Waals surface area (Å²) in [5, 5.41) is 0. The van der Waals surface area contributed by atoms with Crippen LogP contribution in [0, 0.1) is 0 Å². The minimum Gasteiger partial charge on any atom is -0.487 e. The summed E-state index contributed by atoms with van der Waals surface area (Å²) in [5.41, 5.74) is 2.11. The topological polar surface area (TPSA) is 426 Å². The first-order chi connectivity index (χ1) is 65.9. The Kier molecular flexibility index (Phi) is 49.2. The minimum atomic E-state index is -1.68. The zero-order valence-corrected chi connectivity index (χ0v) is 81.0. The fourth-order valence-corrected chi connectivity index (χ4v) is 11.8. The van der Waals surface area contributed by atoms with Gasteiger partial charge in [-0.3, -0.25) is 0 Å². The molecule has 36 heteroatoms. The van der Waals surface area contributed by atoms with Gasteiger partial charge in [-0.15, -0.1) is 0 Å². The van der Waals surface area contributed by atoms with Crippen molar-refractivity contribution < 1.29 is 171 Å². The maximum atomic E-state index is 13.1. The van der Waals surface area contributed by atoms with Gasteiger partial charge in [0.05, 0.1) is 84.7 Å². The zero-order valence-electron chi connectivity index (χ0n) is 81.0. The Morgan fingerprint density at radius 3 is 0.561 bits per heavy atom. The quantitative estimate of drug-likeness (QED) is 0.0151. The van der Waals surface area contributed by atoms with Gasteiger partial charge in [0, 0.05) is 66.9 Å². The molecule has 0 heterocycles. The van der Waals surface area contributed by atoms with E-state index in [1.165, 1.54) is 83.1 Å². The largest absolute Gasteiger partial charge is 0.487 e. The molecule has 0 aliphatic heterocycles. The number of fused-ring (bicyclic) bond motifs is 3. The van der Waals surface area contributed by atoms with Crippen molar-refractivity contribution in [2.45, 2.75) is 125 Å². The van der Waals surface area contributed by atoms with E-state index in [1.54, 1.807) is 24.3 Å². The van der Waals surface area contributed by atoms with Crippen molar-refractivity contribution in [2.75, 3.05) is 159 Å². The third kappa shape index (κ3) is 38.8. The van der Waals surface area contributed by atoms with Gasteiger partial charge in [0.1, 0.15) is 79.3 Å². The molecule has 0 aromatic heterocycles. The van der Waals surface area contributed by atoms with Crippen LogP contribution in [0.5, 0.6) is 34.5 Å². The molecule has 0 radical (unpaired) electrons. The van der Waals surface area contributed by atoms with E-state index in [0.717, 1.165) is 0 Å². The fraction of sp³-hybridized carbons (Fsp3) is 0.417. The highest BCUT2D eigenvalue weighted by atomic mass is 16.7. The van der Waals surface area contributed by atoms with Crippen LogP contribution in [0.4, 0.5) is 0 Å². The lowest BCUT2D eigenvalue weighted by Gasteiger charge is -2.35. The van der Waals surface area contributed by atoms with Crippen molar-refractivity contribution in [3.63, 3.8) is 0 Å². The first kappa shape index (κ1) is 115. The molecule has 1 aliphatic rings. The minimum absolute atomic E-state index is 0.0298. The van der Waals surface area contributed by atoms with E-state index in [9.17, 15) is 57.5 Å². The van der Waals surface area contributed by atoms with Gasteiger partial charge in [-0.25, -0.2) is 57.5 Å². The number of hydrogen-bond acceptors (Lipinski definition) is 36. The van der Waals surface area contributed by atoms with Gasteiger partial charge in [0.2, 0.25) is 11.5 Å². The molecule has 5 rings (SSSR count). The van der Waals surface area contributed by atoms with Crippen LogP contribution in [0.2, 0.25) is 0 Å². The maximum Gasteiger partial charge on any atom is 0.333 e. The molecule has 4 aromatic rings. The van der Waals surface area contributed by atoms with Crippen LogP contribution in [0.15, 0.2) is 219 Å². The van der Waals surface area contributed by atoms with Crippen LogP contribution in [-0.4, -0.2) is 267 Å². The van der Waals surface area contributed by atoms with Gasteiger partial charge in [0.25, 0.3) is 0 Å². The van der Waals surface area contributed by atoms with Gasteiger partial charge in [-0.1, -0.05) is 127 Å². The van der Waals surface area contributed by atoms with Crippen LogP contribution >= 0.6 is 0 Å². The fourth-order valence-electron chi connectivity index (χ4n) is 11.8. The Labute approximate surface area is 809 Å². The van der Waals surface area contributed by atoms with E-state index in [2.05, 4.69) is 78.9 Å². The molecule has 6 unspecified atom stereocenters. The number of esters is 12. The molecule has 0 saturated carbocycles. The summed E-state index contributed by atoms with van der Waals surface area (Å²) in [4.78, 5) is 154. The van der Waals surface area contributed by atoms with Crippen LogP contribution in [0.3, 0.4) is 0 Å². The molecule has 0 amide bonds. The summed E-state index contributed by atoms with van der Waals surface area (Å²) in [5.74, 6) is -10.0. The highest BCUT2D eigenvalue weighted by Gasteiger charge is 2.48. The van der Waals surface area contributed by atoms with Crippen molar-refractivity contribution in [3.8, 4) is 45.6 Å². The summed E-state index contributed by atoms with van der Waals surface area (Å²) in [7, 11) is 0. The Balaban J connectivity index is 1.94. The smallest absolute Gasteiger partial charge is 0.333 e. The normalized spacial score (nSPS) is 12.6. The van der Waals surface area contributed by atoms with E-state index < -0.39 is 153 Å².